The summed E-state index contributed by atoms with van der Waals surface area (Å²) in [5.41, 5.74) is 2.52. The zero-order valence-corrected chi connectivity index (χ0v) is 13.2. The average molecular weight is 275 g/mol. The lowest BCUT2D eigenvalue weighted by Crippen LogP contribution is -2.22. The monoisotopic (exact) mass is 275 g/mol. The summed E-state index contributed by atoms with van der Waals surface area (Å²) in [6.45, 7) is 9.40. The van der Waals surface area contributed by atoms with Gasteiger partial charge in [-0.15, -0.1) is 0 Å². The van der Waals surface area contributed by atoms with Crippen molar-refractivity contribution in [3.05, 3.63) is 40.9 Å². The van der Waals surface area contributed by atoms with Crippen molar-refractivity contribution in [2.75, 3.05) is 7.05 Å². The Kier molecular flexibility index (Phi) is 4.65. The summed E-state index contributed by atoms with van der Waals surface area (Å²) in [4.78, 5) is 4.51. The number of hydrogen-bond donors (Lipinski definition) is 1. The van der Waals surface area contributed by atoms with Crippen LogP contribution in [0.2, 0.25) is 0 Å². The molecule has 1 N–H and O–H groups in total. The molecular weight excluding hydrogens is 250 g/mol. The van der Waals surface area contributed by atoms with Gasteiger partial charge in [0.1, 0.15) is 17.3 Å². The molecule has 0 radical (unpaired) electrons. The number of aryl methyl sites for hydroxylation is 3. The fourth-order valence-electron chi connectivity index (χ4n) is 2.83. The van der Waals surface area contributed by atoms with E-state index in [1.165, 1.54) is 11.1 Å². The molecule has 0 saturated heterocycles. The number of rotatable bonds is 6. The van der Waals surface area contributed by atoms with Gasteiger partial charge in [-0.3, -0.25) is 0 Å². The normalized spacial score (nSPS) is 12.8. The topological polar surface area (TPSA) is 43.0 Å². The molecule has 1 unspecified atom stereocenters. The van der Waals surface area contributed by atoms with Gasteiger partial charge in [-0.05, 0) is 39.8 Å². The minimum Gasteiger partial charge on any atom is -0.466 e. The summed E-state index contributed by atoms with van der Waals surface area (Å²) >= 11 is 0. The molecule has 20 heavy (non-hydrogen) atoms. The minimum absolute atomic E-state index is 0.241. The highest BCUT2D eigenvalue weighted by Crippen LogP contribution is 2.28. The standard InChI is InChI=1S/C16H25N3O/c1-6-8-19-9-7-18-15(19)10-14(17-5)16-11(2)12(3)20-13(16)4/h7,9,14,17H,6,8,10H2,1-5H3. The first-order valence-electron chi connectivity index (χ1n) is 7.32. The molecule has 2 aromatic heterocycles. The van der Waals surface area contributed by atoms with Gasteiger partial charge in [-0.2, -0.15) is 0 Å². The molecule has 0 amide bonds. The third kappa shape index (κ3) is 2.80. The van der Waals surface area contributed by atoms with Crippen LogP contribution in [0.15, 0.2) is 16.8 Å². The summed E-state index contributed by atoms with van der Waals surface area (Å²) in [7, 11) is 2.00. The van der Waals surface area contributed by atoms with Crippen molar-refractivity contribution in [3.63, 3.8) is 0 Å². The van der Waals surface area contributed by atoms with Gasteiger partial charge in [-0.25, -0.2) is 4.98 Å². The Hall–Kier alpha value is -1.55. The van der Waals surface area contributed by atoms with Crippen LogP contribution in [-0.2, 0) is 13.0 Å². The molecule has 0 bridgehead atoms. The van der Waals surface area contributed by atoms with E-state index in [1.54, 1.807) is 0 Å². The summed E-state index contributed by atoms with van der Waals surface area (Å²) in [6, 6.07) is 0.241. The second-order valence-electron chi connectivity index (χ2n) is 5.34. The largest absolute Gasteiger partial charge is 0.466 e. The minimum atomic E-state index is 0.241. The SMILES string of the molecule is CCCn1ccnc1CC(NC)c1c(C)oc(C)c1C. The molecule has 0 saturated carbocycles. The Morgan fingerprint density at radius 2 is 2.05 bits per heavy atom. The first kappa shape index (κ1) is 14.9. The van der Waals surface area contributed by atoms with E-state index >= 15 is 0 Å². The highest BCUT2D eigenvalue weighted by Gasteiger charge is 2.21. The number of likely N-dealkylation sites (N-methyl/N-ethyl adjacent to an activating group) is 1. The zero-order valence-electron chi connectivity index (χ0n) is 13.2. The summed E-state index contributed by atoms with van der Waals surface area (Å²) in [5.74, 6) is 3.14. The number of hydrogen-bond acceptors (Lipinski definition) is 3. The van der Waals surface area contributed by atoms with Gasteiger partial charge in [0.2, 0.25) is 0 Å². The van der Waals surface area contributed by atoms with Gasteiger partial charge in [-0.1, -0.05) is 6.92 Å². The van der Waals surface area contributed by atoms with E-state index in [1.807, 2.05) is 27.1 Å². The predicted molar refractivity (Wildman–Crippen MR) is 80.9 cm³/mol. The maximum atomic E-state index is 5.76. The Balaban J connectivity index is 2.27. The molecule has 4 heteroatoms. The van der Waals surface area contributed by atoms with Crippen LogP contribution in [0.4, 0.5) is 0 Å². The lowest BCUT2D eigenvalue weighted by Gasteiger charge is -2.17. The molecule has 0 aromatic carbocycles. The van der Waals surface area contributed by atoms with Gasteiger partial charge < -0.3 is 14.3 Å². The highest BCUT2D eigenvalue weighted by atomic mass is 16.3. The van der Waals surface area contributed by atoms with Gasteiger partial charge in [0.25, 0.3) is 0 Å². The van der Waals surface area contributed by atoms with E-state index in [9.17, 15) is 0 Å². The van der Waals surface area contributed by atoms with E-state index in [2.05, 4.69) is 34.9 Å². The second kappa shape index (κ2) is 6.27. The molecule has 0 aliphatic carbocycles. The van der Waals surface area contributed by atoms with Crippen LogP contribution in [0, 0.1) is 20.8 Å². The number of nitrogens with zero attached hydrogens (tertiary/aromatic N) is 2. The van der Waals surface area contributed by atoms with E-state index in [-0.39, 0.29) is 6.04 Å². The van der Waals surface area contributed by atoms with Crippen molar-refractivity contribution >= 4 is 0 Å². The van der Waals surface area contributed by atoms with Crippen molar-refractivity contribution in [2.24, 2.45) is 0 Å². The highest BCUT2D eigenvalue weighted by molar-refractivity contribution is 5.34. The third-order valence-corrected chi connectivity index (χ3v) is 3.97. The van der Waals surface area contributed by atoms with Gasteiger partial charge >= 0.3 is 0 Å². The van der Waals surface area contributed by atoms with Crippen molar-refractivity contribution < 1.29 is 4.42 Å². The van der Waals surface area contributed by atoms with E-state index < -0.39 is 0 Å². The number of imidazole rings is 1. The van der Waals surface area contributed by atoms with E-state index in [4.69, 9.17) is 4.42 Å². The van der Waals surface area contributed by atoms with Gasteiger partial charge in [0.15, 0.2) is 0 Å². The van der Waals surface area contributed by atoms with Crippen LogP contribution in [0.3, 0.4) is 0 Å². The number of aromatic nitrogens is 2. The zero-order chi connectivity index (χ0) is 14.7. The van der Waals surface area contributed by atoms with Crippen molar-refractivity contribution in [1.29, 1.82) is 0 Å². The molecule has 0 aliphatic heterocycles. The lowest BCUT2D eigenvalue weighted by molar-refractivity contribution is 0.485. The average Bonchev–Trinajstić information content (AvgIpc) is 2.94. The molecule has 2 rings (SSSR count). The summed E-state index contributed by atoms with van der Waals surface area (Å²) in [6.07, 6.45) is 5.95. The van der Waals surface area contributed by atoms with Crippen LogP contribution >= 0.6 is 0 Å². The number of furan rings is 1. The van der Waals surface area contributed by atoms with Crippen LogP contribution in [-0.4, -0.2) is 16.6 Å². The van der Waals surface area contributed by atoms with Crippen LogP contribution in [0.5, 0.6) is 0 Å². The predicted octanol–water partition coefficient (Wildman–Crippen LogP) is 3.31. The third-order valence-electron chi connectivity index (χ3n) is 3.97. The molecule has 0 spiro atoms. The van der Waals surface area contributed by atoms with Crippen molar-refractivity contribution in [3.8, 4) is 0 Å². The van der Waals surface area contributed by atoms with Crippen molar-refractivity contribution in [1.82, 2.24) is 14.9 Å². The molecule has 0 fully saturated rings. The molecule has 2 aromatic rings. The number of nitrogens with one attached hydrogen (secondary N) is 1. The van der Waals surface area contributed by atoms with Crippen molar-refractivity contribution in [2.45, 2.75) is 53.1 Å². The first-order chi connectivity index (χ1) is 9.58. The van der Waals surface area contributed by atoms with Crippen LogP contribution in [0.25, 0.3) is 0 Å². The second-order valence-corrected chi connectivity index (χ2v) is 5.34. The molecular formula is C16H25N3O. The molecule has 4 nitrogen and oxygen atoms in total. The Morgan fingerprint density at radius 3 is 2.60 bits per heavy atom. The molecule has 110 valence electrons. The van der Waals surface area contributed by atoms with Gasteiger partial charge in [0, 0.05) is 37.0 Å². The quantitative estimate of drug-likeness (QED) is 0.879. The lowest BCUT2D eigenvalue weighted by atomic mass is 9.99. The summed E-state index contributed by atoms with van der Waals surface area (Å²) in [5, 5.41) is 3.41. The Bertz CT molecular complexity index is 568. The fraction of sp³-hybridized carbons (Fsp3) is 0.562. The molecule has 2 heterocycles. The Labute approximate surface area is 121 Å². The maximum absolute atomic E-state index is 5.76. The van der Waals surface area contributed by atoms with Crippen LogP contribution < -0.4 is 5.32 Å². The maximum Gasteiger partial charge on any atom is 0.110 e. The fourth-order valence-corrected chi connectivity index (χ4v) is 2.83. The first-order valence-corrected chi connectivity index (χ1v) is 7.32. The van der Waals surface area contributed by atoms with Gasteiger partial charge in [0.05, 0.1) is 0 Å². The van der Waals surface area contributed by atoms with E-state index in [0.717, 1.165) is 36.7 Å². The smallest absolute Gasteiger partial charge is 0.110 e. The van der Waals surface area contributed by atoms with Crippen LogP contribution in [0.1, 0.15) is 47.9 Å². The summed E-state index contributed by atoms with van der Waals surface area (Å²) < 4.78 is 8.00. The van der Waals surface area contributed by atoms with E-state index in [0.29, 0.717) is 0 Å². The molecule has 1 atom stereocenters. The molecule has 0 aliphatic rings. The Morgan fingerprint density at radius 1 is 1.30 bits per heavy atom.